The molecule has 2 atom stereocenters. The average molecular weight is 474 g/mol. The van der Waals surface area contributed by atoms with Gasteiger partial charge in [-0.15, -0.1) is 0 Å². The third-order valence-corrected chi connectivity index (χ3v) is 7.65. The fourth-order valence-electron chi connectivity index (χ4n) is 5.92. The van der Waals surface area contributed by atoms with E-state index in [4.69, 9.17) is 9.47 Å². The molecule has 2 heterocycles. The fraction of sp³-hybridized carbons (Fsp3) is 0.212. The van der Waals surface area contributed by atoms with Crippen LogP contribution in [0.4, 0.5) is 0 Å². The minimum absolute atomic E-state index is 0.130. The van der Waals surface area contributed by atoms with Crippen molar-refractivity contribution < 1.29 is 9.47 Å². The highest BCUT2D eigenvalue weighted by Gasteiger charge is 2.37. The Hall–Kier alpha value is -3.82. The van der Waals surface area contributed by atoms with Crippen molar-refractivity contribution in [3.05, 3.63) is 137 Å². The molecule has 0 N–H and O–H groups in total. The normalized spacial score (nSPS) is 18.8. The molecule has 0 aliphatic carbocycles. The van der Waals surface area contributed by atoms with Crippen LogP contribution in [0.3, 0.4) is 0 Å². The number of rotatable bonds is 5. The summed E-state index contributed by atoms with van der Waals surface area (Å²) in [6, 6.07) is 35.4. The van der Waals surface area contributed by atoms with Gasteiger partial charge in [-0.1, -0.05) is 91.0 Å². The van der Waals surface area contributed by atoms with Gasteiger partial charge >= 0.3 is 0 Å². The first-order valence-electron chi connectivity index (χ1n) is 12.7. The van der Waals surface area contributed by atoms with E-state index in [1.54, 1.807) is 14.2 Å². The quantitative estimate of drug-likeness (QED) is 0.310. The summed E-state index contributed by atoms with van der Waals surface area (Å²) in [6.07, 6.45) is 4.42. The van der Waals surface area contributed by atoms with Crippen LogP contribution in [0.25, 0.3) is 5.57 Å². The highest BCUT2D eigenvalue weighted by atomic mass is 16.5. The van der Waals surface area contributed by atoms with Crippen LogP contribution in [0.5, 0.6) is 11.5 Å². The fourth-order valence-corrected chi connectivity index (χ4v) is 5.92. The first kappa shape index (κ1) is 22.6. The molecule has 0 aromatic heterocycles. The van der Waals surface area contributed by atoms with Crippen LogP contribution >= 0.6 is 0 Å². The molecule has 0 saturated heterocycles. The van der Waals surface area contributed by atoms with Crippen molar-refractivity contribution in [2.45, 2.75) is 24.9 Å². The molecule has 3 heteroatoms. The highest BCUT2D eigenvalue weighted by molar-refractivity contribution is 5.83. The number of methoxy groups -OCH3 is 2. The molecule has 0 spiro atoms. The van der Waals surface area contributed by atoms with Gasteiger partial charge in [0.1, 0.15) is 0 Å². The van der Waals surface area contributed by atoms with E-state index in [1.165, 1.54) is 39.0 Å². The molecule has 6 rings (SSSR count). The summed E-state index contributed by atoms with van der Waals surface area (Å²) in [4.78, 5) is 2.69. The van der Waals surface area contributed by atoms with E-state index in [0.29, 0.717) is 0 Å². The first-order valence-corrected chi connectivity index (χ1v) is 12.7. The predicted octanol–water partition coefficient (Wildman–Crippen LogP) is 7.03. The number of hydrogen-bond acceptors (Lipinski definition) is 3. The molecule has 1 unspecified atom stereocenters. The van der Waals surface area contributed by atoms with Crippen LogP contribution in [0.1, 0.15) is 45.5 Å². The zero-order valence-corrected chi connectivity index (χ0v) is 20.9. The second-order valence-electron chi connectivity index (χ2n) is 9.58. The van der Waals surface area contributed by atoms with Crippen LogP contribution < -0.4 is 9.47 Å². The SMILES string of the molecule is COc1cc2c(cc1OC)C1C=C(c3ccccc3)c3ccccc3[C@@H](Cc3ccccc3)N1CC2. The largest absolute Gasteiger partial charge is 0.493 e. The van der Waals surface area contributed by atoms with Gasteiger partial charge in [-0.05, 0) is 63.9 Å². The molecular formula is C33H31NO2. The molecule has 3 nitrogen and oxygen atoms in total. The zero-order valence-electron chi connectivity index (χ0n) is 20.9. The molecule has 0 saturated carbocycles. The van der Waals surface area contributed by atoms with Gasteiger partial charge in [0.15, 0.2) is 11.5 Å². The molecule has 0 amide bonds. The van der Waals surface area contributed by atoms with Crippen molar-refractivity contribution in [1.29, 1.82) is 0 Å². The topological polar surface area (TPSA) is 21.7 Å². The Balaban J connectivity index is 1.57. The Morgan fingerprint density at radius 1 is 0.750 bits per heavy atom. The molecule has 2 aliphatic rings. The average Bonchev–Trinajstić information content (AvgIpc) is 3.08. The second-order valence-corrected chi connectivity index (χ2v) is 9.58. The van der Waals surface area contributed by atoms with Crippen molar-refractivity contribution in [3.8, 4) is 11.5 Å². The molecule has 0 bridgehead atoms. The van der Waals surface area contributed by atoms with E-state index in [9.17, 15) is 0 Å². The minimum Gasteiger partial charge on any atom is -0.493 e. The number of fused-ring (bicyclic) bond motifs is 4. The Morgan fingerprint density at radius 3 is 2.17 bits per heavy atom. The van der Waals surface area contributed by atoms with Gasteiger partial charge in [0.25, 0.3) is 0 Å². The highest BCUT2D eigenvalue weighted by Crippen LogP contribution is 2.47. The predicted molar refractivity (Wildman–Crippen MR) is 146 cm³/mol. The van der Waals surface area contributed by atoms with E-state index in [2.05, 4.69) is 108 Å². The number of nitrogens with zero attached hydrogens (tertiary/aromatic N) is 1. The monoisotopic (exact) mass is 473 g/mol. The van der Waals surface area contributed by atoms with Crippen molar-refractivity contribution in [2.24, 2.45) is 0 Å². The van der Waals surface area contributed by atoms with Gasteiger partial charge in [0.05, 0.1) is 20.3 Å². The summed E-state index contributed by atoms with van der Waals surface area (Å²) in [6.45, 7) is 0.984. The van der Waals surface area contributed by atoms with Gasteiger partial charge in [0.2, 0.25) is 0 Å². The summed E-state index contributed by atoms with van der Waals surface area (Å²) >= 11 is 0. The van der Waals surface area contributed by atoms with E-state index in [-0.39, 0.29) is 12.1 Å². The number of ether oxygens (including phenoxy) is 2. The minimum atomic E-state index is 0.130. The van der Waals surface area contributed by atoms with Gasteiger partial charge < -0.3 is 9.47 Å². The molecule has 4 aromatic rings. The third-order valence-electron chi connectivity index (χ3n) is 7.65. The van der Waals surface area contributed by atoms with Gasteiger partial charge in [-0.2, -0.15) is 0 Å². The van der Waals surface area contributed by atoms with Crippen molar-refractivity contribution in [2.75, 3.05) is 20.8 Å². The lowest BCUT2D eigenvalue weighted by atomic mass is 9.88. The molecule has 180 valence electrons. The Kier molecular flexibility index (Phi) is 6.08. The van der Waals surface area contributed by atoms with Crippen molar-refractivity contribution >= 4 is 5.57 Å². The van der Waals surface area contributed by atoms with Gasteiger partial charge in [-0.25, -0.2) is 0 Å². The maximum absolute atomic E-state index is 5.74. The van der Waals surface area contributed by atoms with E-state index in [0.717, 1.165) is 30.9 Å². The summed E-state index contributed by atoms with van der Waals surface area (Å²) in [5, 5.41) is 0. The summed E-state index contributed by atoms with van der Waals surface area (Å²) in [5.74, 6) is 1.59. The second kappa shape index (κ2) is 9.67. The Labute approximate surface area is 213 Å². The van der Waals surface area contributed by atoms with Crippen LogP contribution in [0.15, 0.2) is 103 Å². The molecule has 36 heavy (non-hydrogen) atoms. The van der Waals surface area contributed by atoms with Crippen molar-refractivity contribution in [3.63, 3.8) is 0 Å². The number of hydrogen-bond donors (Lipinski definition) is 0. The van der Waals surface area contributed by atoms with E-state index in [1.807, 2.05) is 0 Å². The van der Waals surface area contributed by atoms with Crippen LogP contribution in [0.2, 0.25) is 0 Å². The van der Waals surface area contributed by atoms with Gasteiger partial charge in [-0.3, -0.25) is 4.90 Å². The van der Waals surface area contributed by atoms with Crippen molar-refractivity contribution in [1.82, 2.24) is 4.90 Å². The molecule has 4 aromatic carbocycles. The molecule has 0 fully saturated rings. The maximum atomic E-state index is 5.74. The molecular weight excluding hydrogens is 442 g/mol. The van der Waals surface area contributed by atoms with Crippen LogP contribution in [0, 0.1) is 0 Å². The lowest BCUT2D eigenvalue weighted by Gasteiger charge is -2.41. The molecule has 2 aliphatic heterocycles. The Bertz CT molecular complexity index is 1390. The van der Waals surface area contributed by atoms with E-state index < -0.39 is 0 Å². The molecule has 0 radical (unpaired) electrons. The summed E-state index contributed by atoms with van der Waals surface area (Å²) in [7, 11) is 3.43. The summed E-state index contributed by atoms with van der Waals surface area (Å²) in [5.41, 5.74) is 9.25. The number of benzene rings is 4. The lowest BCUT2D eigenvalue weighted by Crippen LogP contribution is -2.38. The zero-order chi connectivity index (χ0) is 24.5. The van der Waals surface area contributed by atoms with Crippen LogP contribution in [-0.2, 0) is 12.8 Å². The third kappa shape index (κ3) is 4.00. The smallest absolute Gasteiger partial charge is 0.161 e. The van der Waals surface area contributed by atoms with Gasteiger partial charge in [0, 0.05) is 12.6 Å². The lowest BCUT2D eigenvalue weighted by molar-refractivity contribution is 0.150. The van der Waals surface area contributed by atoms with E-state index >= 15 is 0 Å². The maximum Gasteiger partial charge on any atom is 0.161 e. The Morgan fingerprint density at radius 2 is 1.42 bits per heavy atom. The first-order chi connectivity index (χ1) is 17.8. The summed E-state index contributed by atoms with van der Waals surface area (Å²) < 4.78 is 11.4. The standard InChI is InChI=1S/C33H31NO2/c1-35-32-20-25-17-18-34-30(19-23-11-5-3-6-12-23)27-16-10-9-15-26(27)28(24-13-7-4-8-14-24)21-31(34)29(25)22-33(32)36-2/h3-16,20-22,30-31H,17-19H2,1-2H3/t30-,31?/m1/s1. The van der Waals surface area contributed by atoms with Crippen LogP contribution in [-0.4, -0.2) is 25.7 Å².